The van der Waals surface area contributed by atoms with Gasteiger partial charge in [0.15, 0.2) is 0 Å². The van der Waals surface area contributed by atoms with E-state index in [-0.39, 0.29) is 0 Å². The quantitative estimate of drug-likeness (QED) is 0.617. The Hall–Kier alpha value is -0.870. The second-order valence-corrected chi connectivity index (χ2v) is 9.60. The van der Waals surface area contributed by atoms with Crippen LogP contribution in [0.1, 0.15) is 103 Å². The molecule has 3 rings (SSSR count). The first-order chi connectivity index (χ1) is 13.6. The predicted octanol–water partition coefficient (Wildman–Crippen LogP) is 5.37. The Labute approximate surface area is 173 Å². The molecule has 160 valence electrons. The van der Waals surface area contributed by atoms with Crippen LogP contribution in [-0.2, 0) is 0 Å². The molecule has 4 nitrogen and oxygen atoms in total. The molecule has 0 spiro atoms. The SMILES string of the molecule is CCCC(C)c1cnn(C2CCN(C3CCC(CNC(C)CC)CC3)CC2)c1. The van der Waals surface area contributed by atoms with Gasteiger partial charge in [-0.05, 0) is 82.2 Å². The smallest absolute Gasteiger partial charge is 0.0543 e. The molecular formula is C24H44N4. The number of piperidine rings is 1. The second kappa shape index (κ2) is 10.8. The zero-order valence-electron chi connectivity index (χ0n) is 18.9. The van der Waals surface area contributed by atoms with Crippen molar-refractivity contribution in [1.29, 1.82) is 0 Å². The number of hydrogen-bond acceptors (Lipinski definition) is 3. The molecule has 2 unspecified atom stereocenters. The van der Waals surface area contributed by atoms with Crippen LogP contribution in [0, 0.1) is 5.92 Å². The Balaban J connectivity index is 1.40. The fourth-order valence-electron chi connectivity index (χ4n) is 5.15. The van der Waals surface area contributed by atoms with Gasteiger partial charge in [0.05, 0.1) is 12.2 Å². The topological polar surface area (TPSA) is 33.1 Å². The van der Waals surface area contributed by atoms with Gasteiger partial charge in [-0.25, -0.2) is 0 Å². The average molecular weight is 389 g/mol. The maximum Gasteiger partial charge on any atom is 0.0543 e. The van der Waals surface area contributed by atoms with Crippen molar-refractivity contribution in [3.05, 3.63) is 18.0 Å². The van der Waals surface area contributed by atoms with Gasteiger partial charge in [-0.3, -0.25) is 4.68 Å². The van der Waals surface area contributed by atoms with Crippen LogP contribution in [0.2, 0.25) is 0 Å². The van der Waals surface area contributed by atoms with Crippen LogP contribution in [0.5, 0.6) is 0 Å². The third kappa shape index (κ3) is 5.82. The average Bonchev–Trinajstić information content (AvgIpc) is 3.23. The first kappa shape index (κ1) is 21.8. The maximum absolute atomic E-state index is 4.72. The van der Waals surface area contributed by atoms with E-state index in [4.69, 9.17) is 5.10 Å². The molecule has 0 radical (unpaired) electrons. The maximum atomic E-state index is 4.72. The number of hydrogen-bond donors (Lipinski definition) is 1. The lowest BCUT2D eigenvalue weighted by Gasteiger charge is -2.41. The number of nitrogens with zero attached hydrogens (tertiary/aromatic N) is 3. The highest BCUT2D eigenvalue weighted by Gasteiger charge is 2.29. The summed E-state index contributed by atoms with van der Waals surface area (Å²) >= 11 is 0. The summed E-state index contributed by atoms with van der Waals surface area (Å²) in [6, 6.07) is 2.11. The van der Waals surface area contributed by atoms with E-state index in [1.54, 1.807) is 0 Å². The molecule has 1 N–H and O–H groups in total. The lowest BCUT2D eigenvalue weighted by molar-refractivity contribution is 0.0932. The Bertz CT molecular complexity index is 553. The summed E-state index contributed by atoms with van der Waals surface area (Å²) in [6.07, 6.45) is 16.3. The largest absolute Gasteiger partial charge is 0.314 e. The zero-order chi connectivity index (χ0) is 19.9. The summed E-state index contributed by atoms with van der Waals surface area (Å²) in [5.41, 5.74) is 1.42. The van der Waals surface area contributed by atoms with Crippen LogP contribution in [0.15, 0.2) is 12.4 Å². The zero-order valence-corrected chi connectivity index (χ0v) is 18.9. The van der Waals surface area contributed by atoms with Gasteiger partial charge in [-0.2, -0.15) is 5.10 Å². The van der Waals surface area contributed by atoms with Crippen molar-refractivity contribution in [2.45, 2.75) is 110 Å². The molecule has 1 saturated heterocycles. The van der Waals surface area contributed by atoms with E-state index in [0.717, 1.165) is 12.0 Å². The molecule has 2 fully saturated rings. The second-order valence-electron chi connectivity index (χ2n) is 9.60. The van der Waals surface area contributed by atoms with Crippen molar-refractivity contribution in [2.24, 2.45) is 5.92 Å². The highest BCUT2D eigenvalue weighted by Crippen LogP contribution is 2.32. The fraction of sp³-hybridized carbons (Fsp3) is 0.875. The summed E-state index contributed by atoms with van der Waals surface area (Å²) in [7, 11) is 0. The summed E-state index contributed by atoms with van der Waals surface area (Å²) in [6.45, 7) is 12.9. The Kier molecular flexibility index (Phi) is 8.40. The van der Waals surface area contributed by atoms with E-state index in [0.29, 0.717) is 18.0 Å². The van der Waals surface area contributed by atoms with Gasteiger partial charge in [-0.1, -0.05) is 27.2 Å². The molecule has 1 aliphatic carbocycles. The Morgan fingerprint density at radius 1 is 1.04 bits per heavy atom. The molecule has 2 atom stereocenters. The van der Waals surface area contributed by atoms with Gasteiger partial charge < -0.3 is 10.2 Å². The van der Waals surface area contributed by atoms with Crippen LogP contribution >= 0.6 is 0 Å². The lowest BCUT2D eigenvalue weighted by Crippen LogP contribution is -2.44. The summed E-state index contributed by atoms with van der Waals surface area (Å²) in [5, 5.41) is 8.44. The molecule has 1 saturated carbocycles. The molecule has 2 aliphatic rings. The molecular weight excluding hydrogens is 344 g/mol. The van der Waals surface area contributed by atoms with Crippen molar-refractivity contribution in [1.82, 2.24) is 20.0 Å². The van der Waals surface area contributed by atoms with Gasteiger partial charge in [-0.15, -0.1) is 0 Å². The molecule has 0 bridgehead atoms. The van der Waals surface area contributed by atoms with E-state index in [9.17, 15) is 0 Å². The number of nitrogens with one attached hydrogen (secondary N) is 1. The standard InChI is InChI=1S/C24H44N4/c1-5-7-19(3)22-17-26-28(18-22)24-12-14-27(15-13-24)23-10-8-21(9-11-23)16-25-20(4)6-2/h17-21,23-25H,5-16H2,1-4H3. The minimum Gasteiger partial charge on any atom is -0.314 e. The van der Waals surface area contributed by atoms with E-state index in [2.05, 4.69) is 55.0 Å². The van der Waals surface area contributed by atoms with Crippen molar-refractivity contribution in [3.8, 4) is 0 Å². The number of likely N-dealkylation sites (tertiary alicyclic amines) is 1. The monoisotopic (exact) mass is 388 g/mol. The van der Waals surface area contributed by atoms with Crippen molar-refractivity contribution in [2.75, 3.05) is 19.6 Å². The van der Waals surface area contributed by atoms with Crippen molar-refractivity contribution in [3.63, 3.8) is 0 Å². The first-order valence-electron chi connectivity index (χ1n) is 12.1. The van der Waals surface area contributed by atoms with E-state index < -0.39 is 0 Å². The van der Waals surface area contributed by atoms with Crippen LogP contribution in [0.4, 0.5) is 0 Å². The molecule has 0 aromatic carbocycles. The third-order valence-electron chi connectivity index (χ3n) is 7.49. The number of rotatable bonds is 9. The minimum atomic E-state index is 0.606. The van der Waals surface area contributed by atoms with Gasteiger partial charge in [0.25, 0.3) is 0 Å². The predicted molar refractivity (Wildman–Crippen MR) is 119 cm³/mol. The molecule has 1 aromatic rings. The lowest BCUT2D eigenvalue weighted by atomic mass is 9.84. The van der Waals surface area contributed by atoms with Gasteiger partial charge in [0.1, 0.15) is 0 Å². The van der Waals surface area contributed by atoms with Crippen molar-refractivity contribution >= 4 is 0 Å². The van der Waals surface area contributed by atoms with Gasteiger partial charge in [0.2, 0.25) is 0 Å². The molecule has 2 heterocycles. The highest BCUT2D eigenvalue weighted by atomic mass is 15.3. The van der Waals surface area contributed by atoms with Crippen LogP contribution in [0.3, 0.4) is 0 Å². The van der Waals surface area contributed by atoms with E-state index in [1.165, 1.54) is 83.0 Å². The Morgan fingerprint density at radius 2 is 1.75 bits per heavy atom. The summed E-state index contributed by atoms with van der Waals surface area (Å²) in [5.74, 6) is 1.54. The normalized spacial score (nSPS) is 27.0. The molecule has 1 aromatic heterocycles. The van der Waals surface area contributed by atoms with Gasteiger partial charge in [0, 0.05) is 31.4 Å². The first-order valence-corrected chi connectivity index (χ1v) is 12.1. The Morgan fingerprint density at radius 3 is 2.39 bits per heavy atom. The van der Waals surface area contributed by atoms with Crippen LogP contribution < -0.4 is 5.32 Å². The highest BCUT2D eigenvalue weighted by molar-refractivity contribution is 5.10. The molecule has 4 heteroatoms. The third-order valence-corrected chi connectivity index (χ3v) is 7.49. The van der Waals surface area contributed by atoms with Crippen LogP contribution in [0.25, 0.3) is 0 Å². The van der Waals surface area contributed by atoms with Crippen molar-refractivity contribution < 1.29 is 0 Å². The number of aromatic nitrogens is 2. The van der Waals surface area contributed by atoms with Crippen LogP contribution in [-0.4, -0.2) is 46.4 Å². The summed E-state index contributed by atoms with van der Waals surface area (Å²) in [4.78, 5) is 2.79. The van der Waals surface area contributed by atoms with Gasteiger partial charge >= 0.3 is 0 Å². The molecule has 1 aliphatic heterocycles. The molecule has 0 amide bonds. The fourth-order valence-corrected chi connectivity index (χ4v) is 5.15. The van der Waals surface area contributed by atoms with E-state index >= 15 is 0 Å². The van der Waals surface area contributed by atoms with E-state index in [1.807, 2.05) is 0 Å². The molecule has 28 heavy (non-hydrogen) atoms. The summed E-state index contributed by atoms with van der Waals surface area (Å²) < 4.78 is 2.27. The minimum absolute atomic E-state index is 0.606.